The van der Waals surface area contributed by atoms with Gasteiger partial charge in [-0.3, -0.25) is 4.79 Å². The summed E-state index contributed by atoms with van der Waals surface area (Å²) in [5, 5.41) is 2.41. The summed E-state index contributed by atoms with van der Waals surface area (Å²) in [6, 6.07) is 5.46. The Morgan fingerprint density at radius 2 is 2.22 bits per heavy atom. The monoisotopic (exact) mass is 251 g/mol. The van der Waals surface area contributed by atoms with Crippen molar-refractivity contribution in [2.45, 2.75) is 13.3 Å². The standard InChI is InChI=1S/C13H14FNO3/c1-2-3-7-13(17)18-9-12(16)15-11-6-4-5-10(14)8-11/h3-8H,2,9H2,1H3,(H,15,16)/b7-3+. The van der Waals surface area contributed by atoms with Gasteiger partial charge in [0, 0.05) is 11.8 Å². The molecule has 0 aromatic heterocycles. The van der Waals surface area contributed by atoms with Crippen LogP contribution in [-0.2, 0) is 14.3 Å². The zero-order chi connectivity index (χ0) is 13.4. The van der Waals surface area contributed by atoms with Crippen LogP contribution in [0.1, 0.15) is 13.3 Å². The van der Waals surface area contributed by atoms with E-state index in [9.17, 15) is 14.0 Å². The van der Waals surface area contributed by atoms with Crippen molar-refractivity contribution in [3.05, 3.63) is 42.2 Å². The van der Waals surface area contributed by atoms with Crippen LogP contribution >= 0.6 is 0 Å². The van der Waals surface area contributed by atoms with Crippen LogP contribution in [0.3, 0.4) is 0 Å². The fourth-order valence-electron chi connectivity index (χ4n) is 1.16. The second kappa shape index (κ2) is 7.21. The molecule has 1 rings (SSSR count). The molecule has 1 aromatic rings. The van der Waals surface area contributed by atoms with Gasteiger partial charge in [0.15, 0.2) is 6.61 Å². The number of benzene rings is 1. The highest BCUT2D eigenvalue weighted by molar-refractivity contribution is 5.93. The van der Waals surface area contributed by atoms with Crippen molar-refractivity contribution < 1.29 is 18.7 Å². The van der Waals surface area contributed by atoms with Crippen molar-refractivity contribution in [1.29, 1.82) is 0 Å². The molecule has 1 N–H and O–H groups in total. The van der Waals surface area contributed by atoms with E-state index in [-0.39, 0.29) is 0 Å². The summed E-state index contributed by atoms with van der Waals surface area (Å²) in [6.07, 6.45) is 3.60. The Balaban J connectivity index is 2.38. The molecule has 0 spiro atoms. The van der Waals surface area contributed by atoms with Gasteiger partial charge in [0.1, 0.15) is 5.82 Å². The van der Waals surface area contributed by atoms with Crippen molar-refractivity contribution in [2.75, 3.05) is 11.9 Å². The van der Waals surface area contributed by atoms with E-state index in [1.54, 1.807) is 12.1 Å². The Hall–Kier alpha value is -2.17. The first-order valence-corrected chi connectivity index (χ1v) is 5.50. The smallest absolute Gasteiger partial charge is 0.330 e. The van der Waals surface area contributed by atoms with Crippen LogP contribution in [0.2, 0.25) is 0 Å². The molecule has 0 saturated carbocycles. The van der Waals surface area contributed by atoms with Crippen LogP contribution < -0.4 is 5.32 Å². The van der Waals surface area contributed by atoms with Crippen LogP contribution in [0.15, 0.2) is 36.4 Å². The molecule has 0 atom stereocenters. The molecule has 18 heavy (non-hydrogen) atoms. The summed E-state index contributed by atoms with van der Waals surface area (Å²) >= 11 is 0. The quantitative estimate of drug-likeness (QED) is 0.645. The number of carbonyl (C=O) groups is 2. The molecule has 0 aliphatic carbocycles. The lowest BCUT2D eigenvalue weighted by Gasteiger charge is -2.05. The van der Waals surface area contributed by atoms with E-state index in [0.29, 0.717) is 12.1 Å². The predicted molar refractivity (Wildman–Crippen MR) is 65.4 cm³/mol. The summed E-state index contributed by atoms with van der Waals surface area (Å²) in [7, 11) is 0. The first-order valence-electron chi connectivity index (χ1n) is 5.50. The van der Waals surface area contributed by atoms with E-state index in [0.717, 1.165) is 0 Å². The molecule has 0 bridgehead atoms. The Morgan fingerprint density at radius 3 is 2.89 bits per heavy atom. The van der Waals surface area contributed by atoms with Crippen LogP contribution in [-0.4, -0.2) is 18.5 Å². The molecule has 1 aromatic carbocycles. The minimum atomic E-state index is -0.578. The number of allylic oxidation sites excluding steroid dienone is 1. The van der Waals surface area contributed by atoms with Gasteiger partial charge in [0.2, 0.25) is 0 Å². The maximum absolute atomic E-state index is 12.8. The second-order valence-electron chi connectivity index (χ2n) is 3.48. The van der Waals surface area contributed by atoms with Gasteiger partial charge < -0.3 is 10.1 Å². The van der Waals surface area contributed by atoms with Crippen LogP contribution in [0.5, 0.6) is 0 Å². The number of halogens is 1. The second-order valence-corrected chi connectivity index (χ2v) is 3.48. The molecule has 4 nitrogen and oxygen atoms in total. The van der Waals surface area contributed by atoms with Crippen LogP contribution in [0.4, 0.5) is 10.1 Å². The van der Waals surface area contributed by atoms with E-state index < -0.39 is 24.3 Å². The molecule has 5 heteroatoms. The normalized spacial score (nSPS) is 10.3. The molecular formula is C13H14FNO3. The Morgan fingerprint density at radius 1 is 1.44 bits per heavy atom. The largest absolute Gasteiger partial charge is 0.452 e. The van der Waals surface area contributed by atoms with E-state index in [1.807, 2.05) is 6.92 Å². The van der Waals surface area contributed by atoms with Gasteiger partial charge in [0.25, 0.3) is 5.91 Å². The SMILES string of the molecule is CC/C=C/C(=O)OCC(=O)Nc1cccc(F)c1. The Bertz CT molecular complexity index is 457. The van der Waals surface area contributed by atoms with E-state index in [1.165, 1.54) is 24.3 Å². The van der Waals surface area contributed by atoms with Crippen LogP contribution in [0, 0.1) is 5.82 Å². The predicted octanol–water partition coefficient (Wildman–Crippen LogP) is 2.27. The average Bonchev–Trinajstić information content (AvgIpc) is 2.34. The van der Waals surface area contributed by atoms with Crippen molar-refractivity contribution >= 4 is 17.6 Å². The van der Waals surface area contributed by atoms with E-state index >= 15 is 0 Å². The zero-order valence-electron chi connectivity index (χ0n) is 9.98. The lowest BCUT2D eigenvalue weighted by Crippen LogP contribution is -2.20. The van der Waals surface area contributed by atoms with Gasteiger partial charge >= 0.3 is 5.97 Å². The number of ether oxygens (including phenoxy) is 1. The molecule has 0 fully saturated rings. The number of rotatable bonds is 5. The van der Waals surface area contributed by atoms with Gasteiger partial charge in [-0.2, -0.15) is 0 Å². The molecule has 1 amide bonds. The zero-order valence-corrected chi connectivity index (χ0v) is 9.98. The fourth-order valence-corrected chi connectivity index (χ4v) is 1.16. The fraction of sp³-hybridized carbons (Fsp3) is 0.231. The number of esters is 1. The topological polar surface area (TPSA) is 55.4 Å². The molecule has 0 heterocycles. The van der Waals surface area contributed by atoms with Crippen molar-refractivity contribution in [2.24, 2.45) is 0 Å². The maximum Gasteiger partial charge on any atom is 0.330 e. The highest BCUT2D eigenvalue weighted by Crippen LogP contribution is 2.08. The summed E-state index contributed by atoms with van der Waals surface area (Å²) in [5.74, 6) is -1.54. The van der Waals surface area contributed by atoms with Gasteiger partial charge in [-0.05, 0) is 24.6 Å². The van der Waals surface area contributed by atoms with Crippen molar-refractivity contribution in [3.63, 3.8) is 0 Å². The lowest BCUT2D eigenvalue weighted by molar-refractivity contribution is -0.142. The van der Waals surface area contributed by atoms with Gasteiger partial charge in [-0.25, -0.2) is 9.18 Å². The number of carbonyl (C=O) groups excluding carboxylic acids is 2. The summed E-state index contributed by atoms with van der Waals surface area (Å²) in [5.41, 5.74) is 0.320. The highest BCUT2D eigenvalue weighted by Gasteiger charge is 2.05. The highest BCUT2D eigenvalue weighted by atomic mass is 19.1. The minimum Gasteiger partial charge on any atom is -0.452 e. The number of nitrogens with one attached hydrogen (secondary N) is 1. The van der Waals surface area contributed by atoms with Crippen LogP contribution in [0.25, 0.3) is 0 Å². The third-order valence-corrected chi connectivity index (χ3v) is 1.94. The van der Waals surface area contributed by atoms with Crippen molar-refractivity contribution in [1.82, 2.24) is 0 Å². The molecule has 0 aliphatic heterocycles. The van der Waals surface area contributed by atoms with Crippen molar-refractivity contribution in [3.8, 4) is 0 Å². The first-order chi connectivity index (χ1) is 8.61. The lowest BCUT2D eigenvalue weighted by atomic mass is 10.3. The third-order valence-electron chi connectivity index (χ3n) is 1.94. The average molecular weight is 251 g/mol. The van der Waals surface area contributed by atoms with Gasteiger partial charge in [-0.1, -0.05) is 19.1 Å². The molecule has 0 aliphatic rings. The summed E-state index contributed by atoms with van der Waals surface area (Å²) in [4.78, 5) is 22.4. The van der Waals surface area contributed by atoms with Gasteiger partial charge in [0.05, 0.1) is 0 Å². The molecule has 0 saturated heterocycles. The first kappa shape index (κ1) is 13.9. The maximum atomic E-state index is 12.8. The molecule has 0 unspecified atom stereocenters. The number of amides is 1. The minimum absolute atomic E-state index is 0.320. The molecule has 0 radical (unpaired) electrons. The van der Waals surface area contributed by atoms with E-state index in [4.69, 9.17) is 0 Å². The third kappa shape index (κ3) is 5.25. The number of hydrogen-bond donors (Lipinski definition) is 1. The Labute approximate surface area is 104 Å². The summed E-state index contributed by atoms with van der Waals surface area (Å²) in [6.45, 7) is 1.48. The Kier molecular flexibility index (Phi) is 5.57. The number of anilines is 1. The summed E-state index contributed by atoms with van der Waals surface area (Å²) < 4.78 is 17.5. The van der Waals surface area contributed by atoms with Gasteiger partial charge in [-0.15, -0.1) is 0 Å². The molecule has 96 valence electrons. The molecular weight excluding hydrogens is 237 g/mol. The van der Waals surface area contributed by atoms with E-state index in [2.05, 4.69) is 10.1 Å². The number of hydrogen-bond acceptors (Lipinski definition) is 3.